The van der Waals surface area contributed by atoms with Crippen LogP contribution in [-0.2, 0) is 6.42 Å². The van der Waals surface area contributed by atoms with E-state index in [2.05, 4.69) is 26.7 Å². The standard InChI is InChI=1S/C16H25F3N4S/c1-20-15(22(2)7-6-14-4-3-9-24-14)21-10-13-5-8-23(11-13)12-16(17,18)19/h3-4,9,13H,5-8,10-12H2,1-2H3,(H,20,21). The van der Waals surface area contributed by atoms with Crippen molar-refractivity contribution in [3.05, 3.63) is 22.4 Å². The van der Waals surface area contributed by atoms with Crippen LogP contribution in [0.5, 0.6) is 0 Å². The predicted octanol–water partition coefficient (Wildman–Crippen LogP) is 2.68. The number of rotatable bonds is 6. The van der Waals surface area contributed by atoms with E-state index in [1.807, 2.05) is 13.1 Å². The Hall–Kier alpha value is -1.28. The van der Waals surface area contributed by atoms with Crippen LogP contribution >= 0.6 is 11.3 Å². The van der Waals surface area contributed by atoms with Gasteiger partial charge in [-0.1, -0.05) is 6.07 Å². The molecule has 136 valence electrons. The third-order valence-electron chi connectivity index (χ3n) is 4.17. The number of alkyl halides is 3. The van der Waals surface area contributed by atoms with Gasteiger partial charge in [0, 0.05) is 38.6 Å². The van der Waals surface area contributed by atoms with Crippen LogP contribution in [0.2, 0.25) is 0 Å². The van der Waals surface area contributed by atoms with Gasteiger partial charge in [-0.15, -0.1) is 11.3 Å². The Balaban J connectivity index is 1.71. The molecule has 1 aliphatic rings. The average Bonchev–Trinajstić information content (AvgIpc) is 3.16. The SMILES string of the molecule is CN=C(NCC1CCN(CC(F)(F)F)C1)N(C)CCc1cccs1. The first-order valence-electron chi connectivity index (χ1n) is 8.10. The van der Waals surface area contributed by atoms with Crippen molar-refractivity contribution in [2.45, 2.75) is 19.0 Å². The fraction of sp³-hybridized carbons (Fsp3) is 0.688. The summed E-state index contributed by atoms with van der Waals surface area (Å²) < 4.78 is 37.3. The summed E-state index contributed by atoms with van der Waals surface area (Å²) in [5.41, 5.74) is 0. The number of likely N-dealkylation sites (N-methyl/N-ethyl adjacent to an activating group) is 1. The second kappa shape index (κ2) is 8.71. The van der Waals surface area contributed by atoms with Crippen molar-refractivity contribution in [3.63, 3.8) is 0 Å². The summed E-state index contributed by atoms with van der Waals surface area (Å²) in [6.07, 6.45) is -2.36. The summed E-state index contributed by atoms with van der Waals surface area (Å²) in [4.78, 5) is 9.14. The fourth-order valence-electron chi connectivity index (χ4n) is 2.94. The zero-order valence-electron chi connectivity index (χ0n) is 14.1. The van der Waals surface area contributed by atoms with Crippen LogP contribution in [0.1, 0.15) is 11.3 Å². The van der Waals surface area contributed by atoms with Crippen LogP contribution in [0.3, 0.4) is 0 Å². The number of nitrogens with zero attached hydrogens (tertiary/aromatic N) is 3. The van der Waals surface area contributed by atoms with Crippen LogP contribution in [0.4, 0.5) is 13.2 Å². The molecule has 1 aliphatic heterocycles. The van der Waals surface area contributed by atoms with Gasteiger partial charge < -0.3 is 10.2 Å². The van der Waals surface area contributed by atoms with Gasteiger partial charge in [-0.3, -0.25) is 9.89 Å². The van der Waals surface area contributed by atoms with Crippen LogP contribution in [0.15, 0.2) is 22.5 Å². The van der Waals surface area contributed by atoms with Gasteiger partial charge >= 0.3 is 6.18 Å². The molecule has 0 aromatic carbocycles. The Morgan fingerprint density at radius 3 is 2.92 bits per heavy atom. The van der Waals surface area contributed by atoms with Gasteiger partial charge in [-0.05, 0) is 36.8 Å². The number of hydrogen-bond donors (Lipinski definition) is 1. The highest BCUT2D eigenvalue weighted by molar-refractivity contribution is 7.09. The molecule has 2 rings (SSSR count). The lowest BCUT2D eigenvalue weighted by atomic mass is 10.1. The van der Waals surface area contributed by atoms with Crippen molar-refractivity contribution in [2.24, 2.45) is 10.9 Å². The predicted molar refractivity (Wildman–Crippen MR) is 92.6 cm³/mol. The van der Waals surface area contributed by atoms with Gasteiger partial charge in [0.1, 0.15) is 0 Å². The van der Waals surface area contributed by atoms with Crippen molar-refractivity contribution >= 4 is 17.3 Å². The van der Waals surface area contributed by atoms with Gasteiger partial charge in [0.15, 0.2) is 5.96 Å². The molecule has 1 aromatic heterocycles. The first-order chi connectivity index (χ1) is 11.4. The zero-order chi connectivity index (χ0) is 17.6. The lowest BCUT2D eigenvalue weighted by Crippen LogP contribution is -2.42. The molecule has 1 atom stereocenters. The molecule has 0 saturated carbocycles. The van der Waals surface area contributed by atoms with Gasteiger partial charge in [-0.2, -0.15) is 13.2 Å². The summed E-state index contributed by atoms with van der Waals surface area (Å²) in [6.45, 7) is 1.70. The molecule has 2 heterocycles. The van der Waals surface area contributed by atoms with Crippen LogP contribution < -0.4 is 5.32 Å². The smallest absolute Gasteiger partial charge is 0.356 e. The van der Waals surface area contributed by atoms with E-state index in [0.717, 1.165) is 25.3 Å². The molecule has 1 unspecified atom stereocenters. The molecule has 0 radical (unpaired) electrons. The molecule has 4 nitrogen and oxygen atoms in total. The number of hydrogen-bond acceptors (Lipinski definition) is 3. The van der Waals surface area contributed by atoms with E-state index in [4.69, 9.17) is 0 Å². The monoisotopic (exact) mass is 362 g/mol. The molecule has 24 heavy (non-hydrogen) atoms. The summed E-state index contributed by atoms with van der Waals surface area (Å²) in [6, 6.07) is 4.16. The van der Waals surface area contributed by atoms with Crippen LogP contribution in [0.25, 0.3) is 0 Å². The molecule has 1 N–H and O–H groups in total. The number of halogens is 3. The molecule has 8 heteroatoms. The molecule has 1 fully saturated rings. The number of thiophene rings is 1. The largest absolute Gasteiger partial charge is 0.401 e. The Morgan fingerprint density at radius 1 is 1.50 bits per heavy atom. The van der Waals surface area contributed by atoms with E-state index in [1.165, 1.54) is 9.78 Å². The summed E-state index contributed by atoms with van der Waals surface area (Å²) >= 11 is 1.74. The Labute approximate surface area is 145 Å². The maximum absolute atomic E-state index is 12.4. The highest BCUT2D eigenvalue weighted by Crippen LogP contribution is 2.22. The van der Waals surface area contributed by atoms with E-state index in [9.17, 15) is 13.2 Å². The fourth-order valence-corrected chi connectivity index (χ4v) is 3.63. The molecule has 0 amide bonds. The minimum Gasteiger partial charge on any atom is -0.356 e. The van der Waals surface area contributed by atoms with Crippen molar-refractivity contribution in [1.29, 1.82) is 0 Å². The molecular weight excluding hydrogens is 337 g/mol. The molecule has 0 spiro atoms. The maximum atomic E-state index is 12.4. The average molecular weight is 362 g/mol. The van der Waals surface area contributed by atoms with Crippen molar-refractivity contribution in [1.82, 2.24) is 15.1 Å². The number of aliphatic imine (C=N–C) groups is 1. The third-order valence-corrected chi connectivity index (χ3v) is 5.10. The van der Waals surface area contributed by atoms with E-state index >= 15 is 0 Å². The van der Waals surface area contributed by atoms with Crippen molar-refractivity contribution < 1.29 is 13.2 Å². The second-order valence-corrected chi connectivity index (χ2v) is 7.22. The Morgan fingerprint density at radius 2 is 2.29 bits per heavy atom. The van der Waals surface area contributed by atoms with Crippen LogP contribution in [-0.4, -0.2) is 68.8 Å². The van der Waals surface area contributed by atoms with Crippen molar-refractivity contribution in [3.8, 4) is 0 Å². The molecule has 0 bridgehead atoms. The van der Waals surface area contributed by atoms with Gasteiger partial charge in [-0.25, -0.2) is 0 Å². The topological polar surface area (TPSA) is 30.9 Å². The lowest BCUT2D eigenvalue weighted by molar-refractivity contribution is -0.143. The van der Waals surface area contributed by atoms with Crippen molar-refractivity contribution in [2.75, 3.05) is 46.8 Å². The lowest BCUT2D eigenvalue weighted by Gasteiger charge is -2.23. The van der Waals surface area contributed by atoms with Gasteiger partial charge in [0.05, 0.1) is 6.54 Å². The highest BCUT2D eigenvalue weighted by atomic mass is 32.1. The van der Waals surface area contributed by atoms with Crippen LogP contribution in [0, 0.1) is 5.92 Å². The summed E-state index contributed by atoms with van der Waals surface area (Å²) in [5.74, 6) is 1.02. The highest BCUT2D eigenvalue weighted by Gasteiger charge is 2.34. The Kier molecular flexibility index (Phi) is 6.91. The van der Waals surface area contributed by atoms with Gasteiger partial charge in [0.25, 0.3) is 0 Å². The van der Waals surface area contributed by atoms with E-state index in [-0.39, 0.29) is 5.92 Å². The quantitative estimate of drug-likeness (QED) is 0.624. The normalized spacial score (nSPS) is 19.7. The van der Waals surface area contributed by atoms with E-state index in [1.54, 1.807) is 18.4 Å². The number of nitrogens with one attached hydrogen (secondary N) is 1. The summed E-state index contributed by atoms with van der Waals surface area (Å²) in [7, 11) is 3.71. The number of likely N-dealkylation sites (tertiary alicyclic amines) is 1. The first kappa shape index (κ1) is 19.1. The second-order valence-electron chi connectivity index (χ2n) is 6.18. The maximum Gasteiger partial charge on any atom is 0.401 e. The molecular formula is C16H25F3N4S. The molecule has 1 saturated heterocycles. The first-order valence-corrected chi connectivity index (χ1v) is 8.98. The third kappa shape index (κ3) is 6.32. The van der Waals surface area contributed by atoms with E-state index < -0.39 is 12.7 Å². The Bertz CT molecular complexity index is 516. The van der Waals surface area contributed by atoms with E-state index in [0.29, 0.717) is 19.6 Å². The molecule has 1 aromatic rings. The number of guanidine groups is 1. The minimum absolute atomic E-state index is 0.231. The van der Waals surface area contributed by atoms with Gasteiger partial charge in [0.2, 0.25) is 0 Å². The summed E-state index contributed by atoms with van der Waals surface area (Å²) in [5, 5.41) is 5.36. The zero-order valence-corrected chi connectivity index (χ0v) is 15.0. The minimum atomic E-state index is -4.11. The molecule has 0 aliphatic carbocycles.